The van der Waals surface area contributed by atoms with Crippen LogP contribution in [-0.4, -0.2) is 36.2 Å². The number of rotatable bonds is 5. The number of benzene rings is 2. The number of nitrogens with zero attached hydrogens (tertiary/aromatic N) is 3. The molecule has 2 heterocycles. The summed E-state index contributed by atoms with van der Waals surface area (Å²) in [4.78, 5) is 11.8. The molecule has 1 aliphatic rings. The summed E-state index contributed by atoms with van der Waals surface area (Å²) in [5.41, 5.74) is 3.02. The van der Waals surface area contributed by atoms with Gasteiger partial charge in [0.2, 0.25) is 5.95 Å². The van der Waals surface area contributed by atoms with Crippen molar-refractivity contribution in [2.24, 2.45) is 0 Å². The maximum atomic E-state index is 13.0. The molecule has 0 amide bonds. The van der Waals surface area contributed by atoms with Crippen LogP contribution in [0, 0.1) is 12.7 Å². The van der Waals surface area contributed by atoms with Gasteiger partial charge in [-0.25, -0.2) is 14.4 Å². The fourth-order valence-corrected chi connectivity index (χ4v) is 3.66. The van der Waals surface area contributed by atoms with Crippen molar-refractivity contribution in [1.82, 2.24) is 15.3 Å². The highest BCUT2D eigenvalue weighted by molar-refractivity contribution is 5.83. The van der Waals surface area contributed by atoms with Crippen molar-refractivity contribution < 1.29 is 9.13 Å². The molecule has 1 N–H and O–H groups in total. The smallest absolute Gasteiger partial charge is 0.226 e. The van der Waals surface area contributed by atoms with E-state index in [2.05, 4.69) is 10.2 Å². The highest BCUT2D eigenvalue weighted by atomic mass is 19.1. The lowest BCUT2D eigenvalue weighted by molar-refractivity contribution is 0.411. The Morgan fingerprint density at radius 1 is 1.11 bits per heavy atom. The quantitative estimate of drug-likeness (QED) is 0.729. The molecule has 28 heavy (non-hydrogen) atoms. The Morgan fingerprint density at radius 2 is 1.86 bits per heavy atom. The van der Waals surface area contributed by atoms with E-state index < -0.39 is 0 Å². The Kier molecular flexibility index (Phi) is 5.39. The molecule has 1 aromatic heterocycles. The van der Waals surface area contributed by atoms with Crippen LogP contribution < -0.4 is 15.0 Å². The van der Waals surface area contributed by atoms with Crippen LogP contribution in [0.2, 0.25) is 0 Å². The first kappa shape index (κ1) is 18.6. The topological polar surface area (TPSA) is 50.3 Å². The number of piperidine rings is 1. The van der Waals surface area contributed by atoms with Crippen molar-refractivity contribution in [3.8, 4) is 5.75 Å². The standard InChI is InChI=1S/C22H25FN4O/c1-15-20-13-19(28-2)7-8-21(20)26-22(25-15)27-11-9-18(10-12-27)24-14-16-3-5-17(23)6-4-16/h3-8,13,18,24H,9-12,14H2,1-2H3. The molecule has 0 spiro atoms. The number of fused-ring (bicyclic) bond motifs is 1. The minimum absolute atomic E-state index is 0.193. The normalized spacial score (nSPS) is 15.2. The lowest BCUT2D eigenvalue weighted by Gasteiger charge is -2.32. The zero-order valence-corrected chi connectivity index (χ0v) is 16.3. The van der Waals surface area contributed by atoms with Gasteiger partial charge in [0, 0.05) is 31.1 Å². The van der Waals surface area contributed by atoms with Crippen LogP contribution in [0.5, 0.6) is 5.75 Å². The van der Waals surface area contributed by atoms with E-state index in [1.807, 2.05) is 37.3 Å². The van der Waals surface area contributed by atoms with Gasteiger partial charge in [0.05, 0.1) is 18.3 Å². The molecule has 0 radical (unpaired) electrons. The first-order valence-corrected chi connectivity index (χ1v) is 9.67. The van der Waals surface area contributed by atoms with E-state index in [-0.39, 0.29) is 5.82 Å². The van der Waals surface area contributed by atoms with E-state index in [0.717, 1.165) is 66.3 Å². The van der Waals surface area contributed by atoms with Crippen molar-refractivity contribution in [3.63, 3.8) is 0 Å². The zero-order valence-electron chi connectivity index (χ0n) is 16.3. The third-order valence-electron chi connectivity index (χ3n) is 5.37. The predicted molar refractivity (Wildman–Crippen MR) is 109 cm³/mol. The number of aromatic nitrogens is 2. The first-order valence-electron chi connectivity index (χ1n) is 9.67. The van der Waals surface area contributed by atoms with Crippen molar-refractivity contribution in [2.75, 3.05) is 25.1 Å². The van der Waals surface area contributed by atoms with Crippen LogP contribution in [0.25, 0.3) is 10.9 Å². The number of aryl methyl sites for hydroxylation is 1. The van der Waals surface area contributed by atoms with Gasteiger partial charge in [-0.1, -0.05) is 12.1 Å². The molecule has 6 heteroatoms. The number of halogens is 1. The SMILES string of the molecule is COc1ccc2nc(N3CCC(NCc4ccc(F)cc4)CC3)nc(C)c2c1. The van der Waals surface area contributed by atoms with Crippen LogP contribution in [0.3, 0.4) is 0 Å². The summed E-state index contributed by atoms with van der Waals surface area (Å²) in [7, 11) is 1.67. The van der Waals surface area contributed by atoms with Crippen molar-refractivity contribution in [2.45, 2.75) is 32.4 Å². The lowest BCUT2D eigenvalue weighted by Crippen LogP contribution is -2.43. The van der Waals surface area contributed by atoms with Gasteiger partial charge >= 0.3 is 0 Å². The van der Waals surface area contributed by atoms with Crippen LogP contribution in [0.4, 0.5) is 10.3 Å². The van der Waals surface area contributed by atoms with E-state index >= 15 is 0 Å². The number of hydrogen-bond acceptors (Lipinski definition) is 5. The summed E-state index contributed by atoms with van der Waals surface area (Å²) in [6.45, 7) is 4.62. The first-order chi connectivity index (χ1) is 13.6. The largest absolute Gasteiger partial charge is 0.497 e. The van der Waals surface area contributed by atoms with Crippen molar-refractivity contribution in [1.29, 1.82) is 0 Å². The maximum Gasteiger partial charge on any atom is 0.226 e. The highest BCUT2D eigenvalue weighted by Gasteiger charge is 2.21. The molecule has 2 aromatic carbocycles. The molecule has 0 saturated carbocycles. The van der Waals surface area contributed by atoms with E-state index in [4.69, 9.17) is 14.7 Å². The summed E-state index contributed by atoms with van der Waals surface area (Å²) in [5.74, 6) is 1.42. The predicted octanol–water partition coefficient (Wildman–Crippen LogP) is 3.84. The minimum Gasteiger partial charge on any atom is -0.497 e. The molecule has 0 aliphatic carbocycles. The summed E-state index contributed by atoms with van der Waals surface area (Å²) in [6.07, 6.45) is 2.06. The molecule has 0 atom stereocenters. The molecule has 0 unspecified atom stereocenters. The molecule has 5 nitrogen and oxygen atoms in total. The number of anilines is 1. The van der Waals surface area contributed by atoms with Crippen LogP contribution >= 0.6 is 0 Å². The second-order valence-corrected chi connectivity index (χ2v) is 7.26. The van der Waals surface area contributed by atoms with Gasteiger partial charge in [-0.05, 0) is 55.7 Å². The minimum atomic E-state index is -0.193. The maximum absolute atomic E-state index is 13.0. The van der Waals surface area contributed by atoms with Crippen molar-refractivity contribution in [3.05, 3.63) is 59.5 Å². The van der Waals surface area contributed by atoms with Gasteiger partial charge in [0.25, 0.3) is 0 Å². The Hall–Kier alpha value is -2.73. The number of nitrogens with one attached hydrogen (secondary N) is 1. The van der Waals surface area contributed by atoms with Gasteiger partial charge in [0.15, 0.2) is 0 Å². The third-order valence-corrected chi connectivity index (χ3v) is 5.37. The van der Waals surface area contributed by atoms with E-state index in [0.29, 0.717) is 6.04 Å². The average molecular weight is 380 g/mol. The number of ether oxygens (including phenoxy) is 1. The van der Waals surface area contributed by atoms with Crippen molar-refractivity contribution >= 4 is 16.9 Å². The molecule has 1 aliphatic heterocycles. The number of methoxy groups -OCH3 is 1. The molecule has 0 bridgehead atoms. The third kappa shape index (κ3) is 4.07. The fourth-order valence-electron chi connectivity index (χ4n) is 3.66. The van der Waals surface area contributed by atoms with E-state index in [1.165, 1.54) is 12.1 Å². The van der Waals surface area contributed by atoms with Gasteiger partial charge in [-0.2, -0.15) is 0 Å². The summed E-state index contributed by atoms with van der Waals surface area (Å²) in [6, 6.07) is 13.0. The van der Waals surface area contributed by atoms with Gasteiger partial charge in [-0.15, -0.1) is 0 Å². The van der Waals surface area contributed by atoms with E-state index in [9.17, 15) is 4.39 Å². The summed E-state index contributed by atoms with van der Waals surface area (Å²) < 4.78 is 18.3. The van der Waals surface area contributed by atoms with Crippen LogP contribution in [0.1, 0.15) is 24.1 Å². The molecule has 1 fully saturated rings. The lowest BCUT2D eigenvalue weighted by atomic mass is 10.0. The molecular formula is C22H25FN4O. The second-order valence-electron chi connectivity index (χ2n) is 7.26. The molecular weight excluding hydrogens is 355 g/mol. The molecule has 146 valence electrons. The Balaban J connectivity index is 1.38. The van der Waals surface area contributed by atoms with Crippen LogP contribution in [-0.2, 0) is 6.54 Å². The molecule has 1 saturated heterocycles. The van der Waals surface area contributed by atoms with Gasteiger partial charge in [-0.3, -0.25) is 0 Å². The second kappa shape index (κ2) is 8.10. The summed E-state index contributed by atoms with van der Waals surface area (Å²) >= 11 is 0. The van der Waals surface area contributed by atoms with Gasteiger partial charge in [0.1, 0.15) is 11.6 Å². The zero-order chi connectivity index (χ0) is 19.5. The summed E-state index contributed by atoms with van der Waals surface area (Å²) in [5, 5.41) is 4.61. The Morgan fingerprint density at radius 3 is 2.57 bits per heavy atom. The monoisotopic (exact) mass is 380 g/mol. The van der Waals surface area contributed by atoms with Gasteiger partial charge < -0.3 is 15.0 Å². The van der Waals surface area contributed by atoms with Crippen LogP contribution in [0.15, 0.2) is 42.5 Å². The average Bonchev–Trinajstić information content (AvgIpc) is 2.73. The van der Waals surface area contributed by atoms with E-state index in [1.54, 1.807) is 7.11 Å². The fraction of sp³-hybridized carbons (Fsp3) is 0.364. The highest BCUT2D eigenvalue weighted by Crippen LogP contribution is 2.25. The molecule has 4 rings (SSSR count). The molecule has 3 aromatic rings. The number of hydrogen-bond donors (Lipinski definition) is 1. The Labute approximate surface area is 164 Å². The Bertz CT molecular complexity index is 953.